The van der Waals surface area contributed by atoms with Crippen LogP contribution in [0.25, 0.3) is 11.5 Å². The molecule has 2 aromatic rings. The minimum absolute atomic E-state index is 0.282. The lowest BCUT2D eigenvalue weighted by atomic mass is 10.0. The fraction of sp³-hybridized carbons (Fsp3) is 0.538. The molecule has 1 saturated heterocycles. The fourth-order valence-electron chi connectivity index (χ4n) is 2.43. The number of rotatable bonds is 3. The lowest BCUT2D eigenvalue weighted by molar-refractivity contribution is 0.0925. The molecule has 0 spiro atoms. The summed E-state index contributed by atoms with van der Waals surface area (Å²) in [6.45, 7) is 8.08. The molecule has 1 N–H and O–H groups in total. The van der Waals surface area contributed by atoms with Gasteiger partial charge in [-0.1, -0.05) is 28.4 Å². The maximum Gasteiger partial charge on any atom is 0.260 e. The van der Waals surface area contributed by atoms with E-state index in [9.17, 15) is 0 Å². The molecule has 0 radical (unpaired) electrons. The van der Waals surface area contributed by atoms with Gasteiger partial charge in [0.05, 0.1) is 15.4 Å². The van der Waals surface area contributed by atoms with Crippen molar-refractivity contribution in [3.8, 4) is 11.5 Å². The van der Waals surface area contributed by atoms with Gasteiger partial charge in [-0.25, -0.2) is 0 Å². The van der Waals surface area contributed by atoms with Gasteiger partial charge >= 0.3 is 0 Å². The van der Waals surface area contributed by atoms with Crippen LogP contribution in [-0.2, 0) is 5.54 Å². The van der Waals surface area contributed by atoms with Crippen molar-refractivity contribution >= 4 is 34.5 Å². The average Bonchev–Trinajstić information content (AvgIpc) is 3.06. The molecule has 5 nitrogen and oxygen atoms in total. The molecule has 3 rings (SSSR count). The van der Waals surface area contributed by atoms with Crippen molar-refractivity contribution in [3.05, 3.63) is 20.6 Å². The topological polar surface area (TPSA) is 54.2 Å². The van der Waals surface area contributed by atoms with Crippen LogP contribution in [-0.4, -0.2) is 41.2 Å². The minimum Gasteiger partial charge on any atom is -0.334 e. The number of nitrogens with zero attached hydrogens (tertiary/aromatic N) is 3. The Kier molecular flexibility index (Phi) is 4.25. The Morgan fingerprint density at radius 3 is 2.67 bits per heavy atom. The molecular formula is C13H16Cl2N4OS. The van der Waals surface area contributed by atoms with Crippen LogP contribution in [0.3, 0.4) is 0 Å². The van der Waals surface area contributed by atoms with Crippen LogP contribution in [0.4, 0.5) is 0 Å². The van der Waals surface area contributed by atoms with Crippen molar-refractivity contribution in [2.45, 2.75) is 19.4 Å². The summed E-state index contributed by atoms with van der Waals surface area (Å²) in [5, 5.41) is 7.49. The molecule has 0 aromatic carbocycles. The molecule has 2 aromatic heterocycles. The number of piperazine rings is 1. The van der Waals surface area contributed by atoms with Crippen molar-refractivity contribution in [2.24, 2.45) is 0 Å². The molecular weight excluding hydrogens is 331 g/mol. The predicted molar refractivity (Wildman–Crippen MR) is 85.1 cm³/mol. The Morgan fingerprint density at radius 1 is 1.33 bits per heavy atom. The SMILES string of the molecule is CC(C)(c1noc(-c2cc(Cl)sc2Cl)n1)N1CCNCC1. The molecule has 0 bridgehead atoms. The van der Waals surface area contributed by atoms with Gasteiger partial charge in [0, 0.05) is 26.2 Å². The highest BCUT2D eigenvalue weighted by molar-refractivity contribution is 7.20. The molecule has 3 heterocycles. The molecule has 114 valence electrons. The molecule has 0 aliphatic carbocycles. The van der Waals surface area contributed by atoms with Crippen molar-refractivity contribution < 1.29 is 4.52 Å². The smallest absolute Gasteiger partial charge is 0.260 e. The van der Waals surface area contributed by atoms with E-state index < -0.39 is 0 Å². The number of aromatic nitrogens is 2. The molecule has 0 atom stereocenters. The molecule has 0 amide bonds. The van der Waals surface area contributed by atoms with Gasteiger partial charge in [0.1, 0.15) is 4.34 Å². The summed E-state index contributed by atoms with van der Waals surface area (Å²) >= 11 is 13.4. The Bertz CT molecular complexity index is 634. The van der Waals surface area contributed by atoms with Gasteiger partial charge in [-0.15, -0.1) is 11.3 Å². The normalized spacial score (nSPS) is 17.3. The molecule has 0 saturated carbocycles. The van der Waals surface area contributed by atoms with Crippen LogP contribution in [0.2, 0.25) is 8.67 Å². The third-order valence-electron chi connectivity index (χ3n) is 3.77. The quantitative estimate of drug-likeness (QED) is 0.924. The van der Waals surface area contributed by atoms with E-state index in [2.05, 4.69) is 34.2 Å². The van der Waals surface area contributed by atoms with E-state index in [-0.39, 0.29) is 5.54 Å². The number of halogens is 2. The van der Waals surface area contributed by atoms with Gasteiger partial charge in [0.2, 0.25) is 0 Å². The van der Waals surface area contributed by atoms with Crippen LogP contribution >= 0.6 is 34.5 Å². The zero-order valence-corrected chi connectivity index (χ0v) is 14.1. The van der Waals surface area contributed by atoms with E-state index in [0.29, 0.717) is 26.0 Å². The first-order valence-corrected chi connectivity index (χ1v) is 8.31. The second kappa shape index (κ2) is 5.85. The molecule has 21 heavy (non-hydrogen) atoms. The van der Waals surface area contributed by atoms with Gasteiger partial charge in [0.25, 0.3) is 5.89 Å². The van der Waals surface area contributed by atoms with E-state index in [1.54, 1.807) is 6.07 Å². The van der Waals surface area contributed by atoms with Gasteiger partial charge in [0.15, 0.2) is 5.82 Å². The Morgan fingerprint density at radius 2 is 2.05 bits per heavy atom. The first-order valence-electron chi connectivity index (χ1n) is 6.73. The lowest BCUT2D eigenvalue weighted by Gasteiger charge is -2.38. The summed E-state index contributed by atoms with van der Waals surface area (Å²) in [4.78, 5) is 6.87. The Labute approximate surface area is 137 Å². The van der Waals surface area contributed by atoms with Crippen LogP contribution in [0.15, 0.2) is 10.6 Å². The van der Waals surface area contributed by atoms with Crippen LogP contribution in [0.5, 0.6) is 0 Å². The van der Waals surface area contributed by atoms with Crippen LogP contribution < -0.4 is 5.32 Å². The highest BCUT2D eigenvalue weighted by Gasteiger charge is 2.34. The molecule has 8 heteroatoms. The summed E-state index contributed by atoms with van der Waals surface area (Å²) in [7, 11) is 0. The van der Waals surface area contributed by atoms with E-state index in [1.807, 2.05) is 0 Å². The highest BCUT2D eigenvalue weighted by Crippen LogP contribution is 2.38. The molecule has 0 unspecified atom stereocenters. The lowest BCUT2D eigenvalue weighted by Crippen LogP contribution is -2.52. The Balaban J connectivity index is 1.88. The third-order valence-corrected chi connectivity index (χ3v) is 5.26. The summed E-state index contributed by atoms with van der Waals surface area (Å²) in [5.74, 6) is 1.08. The van der Waals surface area contributed by atoms with Crippen molar-refractivity contribution in [3.63, 3.8) is 0 Å². The van der Waals surface area contributed by atoms with Crippen molar-refractivity contribution in [2.75, 3.05) is 26.2 Å². The standard InChI is InChI=1S/C13H16Cl2N4OS/c1-13(2,19-5-3-16-4-6-19)12-17-11(20-18-12)8-7-9(14)21-10(8)15/h7,16H,3-6H2,1-2H3. The predicted octanol–water partition coefficient (Wildman–Crippen LogP) is 3.25. The van der Waals surface area contributed by atoms with E-state index >= 15 is 0 Å². The number of thiophene rings is 1. The number of hydrogen-bond donors (Lipinski definition) is 1. The van der Waals surface area contributed by atoms with E-state index in [4.69, 9.17) is 27.7 Å². The summed E-state index contributed by atoms with van der Waals surface area (Å²) < 4.78 is 6.55. The largest absolute Gasteiger partial charge is 0.334 e. The maximum atomic E-state index is 6.14. The van der Waals surface area contributed by atoms with Gasteiger partial charge in [-0.3, -0.25) is 4.90 Å². The van der Waals surface area contributed by atoms with Gasteiger partial charge in [-0.2, -0.15) is 4.98 Å². The van der Waals surface area contributed by atoms with Crippen molar-refractivity contribution in [1.82, 2.24) is 20.4 Å². The summed E-state index contributed by atoms with van der Waals surface area (Å²) in [6, 6.07) is 1.75. The fourth-order valence-corrected chi connectivity index (χ4v) is 3.88. The number of hydrogen-bond acceptors (Lipinski definition) is 6. The molecule has 1 aliphatic heterocycles. The third kappa shape index (κ3) is 2.96. The van der Waals surface area contributed by atoms with Crippen LogP contribution in [0.1, 0.15) is 19.7 Å². The van der Waals surface area contributed by atoms with Gasteiger partial charge < -0.3 is 9.84 Å². The Hall–Kier alpha value is -0.660. The summed E-state index contributed by atoms with van der Waals surface area (Å²) in [6.07, 6.45) is 0. The van der Waals surface area contributed by atoms with Crippen LogP contribution in [0, 0.1) is 0 Å². The highest BCUT2D eigenvalue weighted by atomic mass is 35.5. The maximum absolute atomic E-state index is 6.14. The second-order valence-electron chi connectivity index (χ2n) is 5.46. The second-order valence-corrected chi connectivity index (χ2v) is 7.74. The van der Waals surface area contributed by atoms with Gasteiger partial charge in [-0.05, 0) is 19.9 Å². The molecule has 1 aliphatic rings. The van der Waals surface area contributed by atoms with E-state index in [1.165, 1.54) is 11.3 Å². The van der Waals surface area contributed by atoms with E-state index in [0.717, 1.165) is 26.2 Å². The minimum atomic E-state index is -0.282. The average molecular weight is 347 g/mol. The first-order chi connectivity index (χ1) is 9.98. The zero-order chi connectivity index (χ0) is 15.0. The number of nitrogens with one attached hydrogen (secondary N) is 1. The monoisotopic (exact) mass is 346 g/mol. The van der Waals surface area contributed by atoms with Crippen molar-refractivity contribution in [1.29, 1.82) is 0 Å². The zero-order valence-electron chi connectivity index (χ0n) is 11.8. The summed E-state index contributed by atoms with van der Waals surface area (Å²) in [5.41, 5.74) is 0.414. The first kappa shape index (κ1) is 15.2. The molecule has 1 fully saturated rings.